The maximum Gasteiger partial charge on any atom is 0.227 e. The number of nitrogens with zero attached hydrogens (tertiary/aromatic N) is 2. The fourth-order valence-corrected chi connectivity index (χ4v) is 3.44. The molecular weight excluding hydrogens is 364 g/mol. The molecule has 0 radical (unpaired) electrons. The summed E-state index contributed by atoms with van der Waals surface area (Å²) in [4.78, 5) is 17.3. The molecule has 5 nitrogen and oxygen atoms in total. The van der Waals surface area contributed by atoms with E-state index >= 15 is 0 Å². The largest absolute Gasteiger partial charge is 0.508 e. The Bertz CT molecular complexity index is 770. The van der Waals surface area contributed by atoms with Crippen LogP contribution in [0, 0.1) is 5.92 Å². The molecule has 0 spiro atoms. The number of rotatable bonds is 11. The third-order valence-electron chi connectivity index (χ3n) is 5.49. The van der Waals surface area contributed by atoms with E-state index in [9.17, 15) is 9.90 Å². The number of likely N-dealkylation sites (N-methyl/N-ethyl adjacent to an activating group) is 1. The van der Waals surface area contributed by atoms with Crippen LogP contribution < -0.4 is 4.74 Å². The number of hydrogen-bond acceptors (Lipinski definition) is 4. The van der Waals surface area contributed by atoms with Crippen LogP contribution in [-0.2, 0) is 17.6 Å². The van der Waals surface area contributed by atoms with Gasteiger partial charge in [0.25, 0.3) is 0 Å². The van der Waals surface area contributed by atoms with Crippen molar-refractivity contribution in [2.75, 3.05) is 40.3 Å². The van der Waals surface area contributed by atoms with Gasteiger partial charge in [-0.25, -0.2) is 0 Å². The summed E-state index contributed by atoms with van der Waals surface area (Å²) in [5.41, 5.74) is 2.12. The number of carbonyl (C=O) groups is 1. The van der Waals surface area contributed by atoms with E-state index in [2.05, 4.69) is 11.9 Å². The molecule has 2 aromatic rings. The van der Waals surface area contributed by atoms with Crippen LogP contribution in [0.15, 0.2) is 48.5 Å². The van der Waals surface area contributed by atoms with Crippen molar-refractivity contribution >= 4 is 5.91 Å². The zero-order chi connectivity index (χ0) is 20.6. The highest BCUT2D eigenvalue weighted by molar-refractivity contribution is 5.78. The topological polar surface area (TPSA) is 53.0 Å². The standard InChI is InChI=1S/C24H32N2O3/c1-25(18-21-3-4-21)15-16-26(14-13-19-5-9-22(27)10-6-19)24(28)17-20-7-11-23(29-2)12-8-20/h5-12,21,27H,3-4,13-18H2,1-2H3. The number of phenolic OH excluding ortho intramolecular Hbond substituents is 1. The molecule has 1 saturated carbocycles. The minimum absolute atomic E-state index is 0.147. The predicted molar refractivity (Wildman–Crippen MR) is 115 cm³/mol. The molecule has 3 rings (SSSR count). The highest BCUT2D eigenvalue weighted by atomic mass is 16.5. The Kier molecular flexibility index (Phi) is 7.53. The van der Waals surface area contributed by atoms with Gasteiger partial charge in [-0.3, -0.25) is 4.79 Å². The van der Waals surface area contributed by atoms with Crippen LogP contribution in [0.2, 0.25) is 0 Å². The van der Waals surface area contributed by atoms with E-state index in [0.717, 1.165) is 48.8 Å². The second-order valence-electron chi connectivity index (χ2n) is 8.03. The number of ether oxygens (including phenoxy) is 1. The van der Waals surface area contributed by atoms with E-state index in [-0.39, 0.29) is 11.7 Å². The van der Waals surface area contributed by atoms with E-state index in [4.69, 9.17) is 4.74 Å². The Morgan fingerprint density at radius 2 is 1.66 bits per heavy atom. The van der Waals surface area contributed by atoms with E-state index in [1.807, 2.05) is 41.3 Å². The van der Waals surface area contributed by atoms with E-state index < -0.39 is 0 Å². The van der Waals surface area contributed by atoms with Crippen molar-refractivity contribution in [3.63, 3.8) is 0 Å². The Labute approximate surface area is 173 Å². The van der Waals surface area contributed by atoms with Gasteiger partial charge in [-0.05, 0) is 67.6 Å². The number of benzene rings is 2. The Morgan fingerprint density at radius 3 is 2.28 bits per heavy atom. The van der Waals surface area contributed by atoms with Crippen LogP contribution >= 0.6 is 0 Å². The number of phenols is 1. The molecule has 0 unspecified atom stereocenters. The van der Waals surface area contributed by atoms with Crippen molar-refractivity contribution < 1.29 is 14.6 Å². The lowest BCUT2D eigenvalue weighted by atomic mass is 10.1. The minimum atomic E-state index is 0.147. The monoisotopic (exact) mass is 396 g/mol. The summed E-state index contributed by atoms with van der Waals surface area (Å²) >= 11 is 0. The van der Waals surface area contributed by atoms with Gasteiger partial charge in [0, 0.05) is 26.2 Å². The maximum atomic E-state index is 13.0. The summed E-state index contributed by atoms with van der Waals surface area (Å²) < 4.78 is 5.20. The van der Waals surface area contributed by atoms with Crippen LogP contribution in [0.4, 0.5) is 0 Å². The van der Waals surface area contributed by atoms with E-state index in [0.29, 0.717) is 13.0 Å². The van der Waals surface area contributed by atoms with Crippen LogP contribution in [0.5, 0.6) is 11.5 Å². The second-order valence-corrected chi connectivity index (χ2v) is 8.03. The first-order valence-corrected chi connectivity index (χ1v) is 10.4. The highest BCUT2D eigenvalue weighted by Crippen LogP contribution is 2.29. The van der Waals surface area contributed by atoms with Crippen molar-refractivity contribution in [1.82, 2.24) is 9.80 Å². The Hall–Kier alpha value is -2.53. The molecule has 2 aromatic carbocycles. The van der Waals surface area contributed by atoms with Gasteiger partial charge in [0.1, 0.15) is 11.5 Å². The Morgan fingerprint density at radius 1 is 1.00 bits per heavy atom. The van der Waals surface area contributed by atoms with Crippen molar-refractivity contribution in [3.05, 3.63) is 59.7 Å². The zero-order valence-corrected chi connectivity index (χ0v) is 17.5. The van der Waals surface area contributed by atoms with Crippen LogP contribution in [0.25, 0.3) is 0 Å². The predicted octanol–water partition coefficient (Wildman–Crippen LogP) is 3.36. The van der Waals surface area contributed by atoms with Gasteiger partial charge < -0.3 is 19.6 Å². The van der Waals surface area contributed by atoms with Gasteiger partial charge in [0.2, 0.25) is 5.91 Å². The van der Waals surface area contributed by atoms with Crippen molar-refractivity contribution in [2.24, 2.45) is 5.92 Å². The molecule has 5 heteroatoms. The molecule has 0 heterocycles. The summed E-state index contributed by atoms with van der Waals surface area (Å²) in [6.07, 6.45) is 3.85. The number of carbonyl (C=O) groups excluding carboxylic acids is 1. The quantitative estimate of drug-likeness (QED) is 0.633. The SMILES string of the molecule is COc1ccc(CC(=O)N(CCc2ccc(O)cc2)CCN(C)CC2CC2)cc1. The molecule has 1 amide bonds. The first-order valence-electron chi connectivity index (χ1n) is 10.4. The van der Waals surface area contributed by atoms with Crippen LogP contribution in [-0.4, -0.2) is 61.2 Å². The molecule has 1 fully saturated rings. The smallest absolute Gasteiger partial charge is 0.227 e. The molecule has 0 aliphatic heterocycles. The fourth-order valence-electron chi connectivity index (χ4n) is 3.44. The lowest BCUT2D eigenvalue weighted by molar-refractivity contribution is -0.130. The lowest BCUT2D eigenvalue weighted by Crippen LogP contribution is -2.40. The zero-order valence-electron chi connectivity index (χ0n) is 17.5. The highest BCUT2D eigenvalue weighted by Gasteiger charge is 2.23. The third kappa shape index (κ3) is 7.09. The molecule has 156 valence electrons. The lowest BCUT2D eigenvalue weighted by Gasteiger charge is -2.26. The molecular formula is C24H32N2O3. The average Bonchev–Trinajstić information content (AvgIpc) is 3.53. The summed E-state index contributed by atoms with van der Waals surface area (Å²) in [5.74, 6) is 2.06. The number of amides is 1. The summed E-state index contributed by atoms with van der Waals surface area (Å²) in [5, 5.41) is 9.47. The Balaban J connectivity index is 1.59. The molecule has 1 aliphatic rings. The summed E-state index contributed by atoms with van der Waals surface area (Å²) in [7, 11) is 3.79. The van der Waals surface area contributed by atoms with Crippen molar-refractivity contribution in [3.8, 4) is 11.5 Å². The molecule has 0 bridgehead atoms. The average molecular weight is 397 g/mol. The van der Waals surface area contributed by atoms with Gasteiger partial charge in [-0.1, -0.05) is 24.3 Å². The van der Waals surface area contributed by atoms with Gasteiger partial charge >= 0.3 is 0 Å². The number of methoxy groups -OCH3 is 1. The second kappa shape index (κ2) is 10.3. The summed E-state index contributed by atoms with van der Waals surface area (Å²) in [6.45, 7) is 3.42. The van der Waals surface area contributed by atoms with E-state index in [1.54, 1.807) is 19.2 Å². The van der Waals surface area contributed by atoms with Gasteiger partial charge in [0.05, 0.1) is 13.5 Å². The number of aromatic hydroxyl groups is 1. The van der Waals surface area contributed by atoms with Gasteiger partial charge in [-0.2, -0.15) is 0 Å². The van der Waals surface area contributed by atoms with Gasteiger partial charge in [0.15, 0.2) is 0 Å². The summed E-state index contributed by atoms with van der Waals surface area (Å²) in [6, 6.07) is 14.9. The molecule has 29 heavy (non-hydrogen) atoms. The molecule has 1 N–H and O–H groups in total. The number of hydrogen-bond donors (Lipinski definition) is 1. The normalized spacial score (nSPS) is 13.5. The third-order valence-corrected chi connectivity index (χ3v) is 5.49. The first-order chi connectivity index (χ1) is 14.0. The van der Waals surface area contributed by atoms with Gasteiger partial charge in [-0.15, -0.1) is 0 Å². The molecule has 0 atom stereocenters. The fraction of sp³-hybridized carbons (Fsp3) is 0.458. The molecule has 1 aliphatic carbocycles. The van der Waals surface area contributed by atoms with Crippen molar-refractivity contribution in [2.45, 2.75) is 25.7 Å². The van der Waals surface area contributed by atoms with E-state index in [1.165, 1.54) is 12.8 Å². The van der Waals surface area contributed by atoms with Crippen LogP contribution in [0.1, 0.15) is 24.0 Å². The molecule has 0 aromatic heterocycles. The first kappa shape index (κ1) is 21.2. The van der Waals surface area contributed by atoms with Crippen molar-refractivity contribution in [1.29, 1.82) is 0 Å². The maximum absolute atomic E-state index is 13.0. The van der Waals surface area contributed by atoms with Crippen LogP contribution in [0.3, 0.4) is 0 Å². The molecule has 0 saturated heterocycles. The minimum Gasteiger partial charge on any atom is -0.508 e.